The van der Waals surface area contributed by atoms with Gasteiger partial charge >= 0.3 is 0 Å². The Morgan fingerprint density at radius 1 is 1.37 bits per heavy atom. The molecule has 0 aliphatic heterocycles. The van der Waals surface area contributed by atoms with Crippen LogP contribution in [0.5, 0.6) is 0 Å². The number of nitrogens with two attached hydrogens (primary N) is 1. The van der Waals surface area contributed by atoms with Crippen molar-refractivity contribution in [1.82, 2.24) is 0 Å². The van der Waals surface area contributed by atoms with Gasteiger partial charge in [-0.3, -0.25) is 4.79 Å². The van der Waals surface area contributed by atoms with Crippen molar-refractivity contribution < 1.29 is 9.18 Å². The number of Topliss-reactive ketones (excluding diaryl/α,β-unsaturated/α-hetero) is 1. The van der Waals surface area contributed by atoms with E-state index in [1.165, 1.54) is 30.4 Å². The summed E-state index contributed by atoms with van der Waals surface area (Å²) < 4.78 is 12.7. The number of anilines is 2. The summed E-state index contributed by atoms with van der Waals surface area (Å²) in [4.78, 5) is 11.9. The standard InChI is InChI=1S/C14H15FN2OS/c1-9(18)14-12(16)8-13(19-14)17-7-6-10-2-4-11(15)5-3-10/h2-5,8,17H,6-7,16H2,1H3. The number of carbonyl (C=O) groups is 1. The van der Waals surface area contributed by atoms with E-state index in [0.717, 1.165) is 17.0 Å². The van der Waals surface area contributed by atoms with Crippen LogP contribution in [0.25, 0.3) is 0 Å². The van der Waals surface area contributed by atoms with Gasteiger partial charge < -0.3 is 11.1 Å². The second kappa shape index (κ2) is 5.84. The Kier molecular flexibility index (Phi) is 4.16. The minimum atomic E-state index is -0.228. The molecule has 100 valence electrons. The highest BCUT2D eigenvalue weighted by Crippen LogP contribution is 2.29. The maximum absolute atomic E-state index is 12.7. The van der Waals surface area contributed by atoms with Crippen LogP contribution in [0, 0.1) is 5.82 Å². The zero-order valence-corrected chi connectivity index (χ0v) is 11.4. The molecular formula is C14H15FN2OS. The predicted molar refractivity (Wildman–Crippen MR) is 77.3 cm³/mol. The molecule has 3 N–H and O–H groups in total. The molecule has 19 heavy (non-hydrogen) atoms. The molecule has 0 amide bonds. The zero-order valence-electron chi connectivity index (χ0n) is 10.6. The summed E-state index contributed by atoms with van der Waals surface area (Å²) in [6.45, 7) is 2.22. The smallest absolute Gasteiger partial charge is 0.171 e. The molecule has 3 nitrogen and oxygen atoms in total. The number of nitrogen functional groups attached to an aromatic ring is 1. The second-order valence-electron chi connectivity index (χ2n) is 4.25. The zero-order chi connectivity index (χ0) is 13.8. The Labute approximate surface area is 115 Å². The van der Waals surface area contributed by atoms with Crippen molar-refractivity contribution in [3.05, 3.63) is 46.6 Å². The normalized spacial score (nSPS) is 10.4. The summed E-state index contributed by atoms with van der Waals surface area (Å²) in [6.07, 6.45) is 0.785. The molecule has 0 radical (unpaired) electrons. The maximum Gasteiger partial charge on any atom is 0.171 e. The number of thiophene rings is 1. The molecule has 0 aliphatic carbocycles. The third kappa shape index (κ3) is 3.54. The molecule has 0 aliphatic rings. The Morgan fingerprint density at radius 2 is 2.05 bits per heavy atom. The quantitative estimate of drug-likeness (QED) is 0.825. The van der Waals surface area contributed by atoms with Gasteiger partial charge in [-0.05, 0) is 30.2 Å². The Bertz CT molecular complexity index is 578. The monoisotopic (exact) mass is 278 g/mol. The Balaban J connectivity index is 1.90. The number of carbonyl (C=O) groups excluding carboxylic acids is 1. The van der Waals surface area contributed by atoms with Crippen molar-refractivity contribution in [2.45, 2.75) is 13.3 Å². The number of ketones is 1. The van der Waals surface area contributed by atoms with Gasteiger partial charge in [-0.15, -0.1) is 11.3 Å². The highest BCUT2D eigenvalue weighted by Gasteiger charge is 2.09. The van der Waals surface area contributed by atoms with Crippen LogP contribution in [0.1, 0.15) is 22.2 Å². The minimum absolute atomic E-state index is 0.0194. The van der Waals surface area contributed by atoms with Crippen LogP contribution in [0.4, 0.5) is 15.1 Å². The van der Waals surface area contributed by atoms with Crippen LogP contribution in [0.2, 0.25) is 0 Å². The molecule has 1 aromatic heterocycles. The lowest BCUT2D eigenvalue weighted by Crippen LogP contribution is -2.03. The van der Waals surface area contributed by atoms with E-state index < -0.39 is 0 Å². The first-order chi connectivity index (χ1) is 9.06. The summed E-state index contributed by atoms with van der Waals surface area (Å²) in [6, 6.07) is 8.20. The van der Waals surface area contributed by atoms with E-state index in [1.807, 2.05) is 0 Å². The molecule has 0 spiro atoms. The van der Waals surface area contributed by atoms with Crippen LogP contribution in [0.15, 0.2) is 30.3 Å². The number of halogens is 1. The lowest BCUT2D eigenvalue weighted by molar-refractivity contribution is 0.102. The van der Waals surface area contributed by atoms with Gasteiger partial charge in [0.1, 0.15) is 5.82 Å². The van der Waals surface area contributed by atoms with Crippen molar-refractivity contribution in [2.24, 2.45) is 0 Å². The summed E-state index contributed by atoms with van der Waals surface area (Å²) in [5.41, 5.74) is 7.33. The van der Waals surface area contributed by atoms with Crippen molar-refractivity contribution in [1.29, 1.82) is 0 Å². The lowest BCUT2D eigenvalue weighted by atomic mass is 10.1. The number of benzene rings is 1. The molecule has 5 heteroatoms. The predicted octanol–water partition coefficient (Wildman–Crippen LogP) is 3.33. The largest absolute Gasteiger partial charge is 0.397 e. The van der Waals surface area contributed by atoms with Crippen LogP contribution < -0.4 is 11.1 Å². The molecular weight excluding hydrogens is 263 g/mol. The third-order valence-electron chi connectivity index (χ3n) is 2.71. The van der Waals surface area contributed by atoms with Gasteiger partial charge in [0.15, 0.2) is 5.78 Å². The molecule has 1 heterocycles. The highest BCUT2D eigenvalue weighted by molar-refractivity contribution is 7.18. The van der Waals surface area contributed by atoms with Gasteiger partial charge in [0.25, 0.3) is 0 Å². The lowest BCUT2D eigenvalue weighted by Gasteiger charge is -2.03. The molecule has 0 atom stereocenters. The Morgan fingerprint density at radius 3 is 2.63 bits per heavy atom. The highest BCUT2D eigenvalue weighted by atomic mass is 32.1. The molecule has 0 fully saturated rings. The summed E-state index contributed by atoms with van der Waals surface area (Å²) in [7, 11) is 0. The summed E-state index contributed by atoms with van der Waals surface area (Å²) in [5, 5.41) is 4.10. The van der Waals surface area contributed by atoms with E-state index >= 15 is 0 Å². The van der Waals surface area contributed by atoms with Gasteiger partial charge in [-0.2, -0.15) is 0 Å². The fourth-order valence-electron chi connectivity index (χ4n) is 1.75. The SMILES string of the molecule is CC(=O)c1sc(NCCc2ccc(F)cc2)cc1N. The van der Waals surface area contributed by atoms with Crippen molar-refractivity contribution in [2.75, 3.05) is 17.6 Å². The Hall–Kier alpha value is -1.88. The fourth-order valence-corrected chi connectivity index (χ4v) is 2.65. The van der Waals surface area contributed by atoms with Gasteiger partial charge in [-0.1, -0.05) is 12.1 Å². The van der Waals surface area contributed by atoms with Crippen LogP contribution in [-0.2, 0) is 6.42 Å². The van der Waals surface area contributed by atoms with Crippen LogP contribution in [0.3, 0.4) is 0 Å². The molecule has 0 saturated carbocycles. The summed E-state index contributed by atoms with van der Waals surface area (Å²) >= 11 is 1.36. The van der Waals surface area contributed by atoms with E-state index in [-0.39, 0.29) is 11.6 Å². The first kappa shape index (κ1) is 13.5. The molecule has 0 unspecified atom stereocenters. The van der Waals surface area contributed by atoms with Crippen molar-refractivity contribution >= 4 is 27.8 Å². The van der Waals surface area contributed by atoms with E-state index in [1.54, 1.807) is 18.2 Å². The van der Waals surface area contributed by atoms with Gasteiger partial charge in [0.05, 0.1) is 15.6 Å². The number of hydrogen-bond donors (Lipinski definition) is 2. The molecule has 0 bridgehead atoms. The van der Waals surface area contributed by atoms with Crippen LogP contribution in [-0.4, -0.2) is 12.3 Å². The maximum atomic E-state index is 12.7. The average molecular weight is 278 g/mol. The van der Waals surface area contributed by atoms with Gasteiger partial charge in [0, 0.05) is 13.5 Å². The van der Waals surface area contributed by atoms with E-state index in [9.17, 15) is 9.18 Å². The first-order valence-electron chi connectivity index (χ1n) is 5.95. The second-order valence-corrected chi connectivity index (χ2v) is 5.31. The fraction of sp³-hybridized carbons (Fsp3) is 0.214. The van der Waals surface area contributed by atoms with E-state index in [0.29, 0.717) is 17.1 Å². The van der Waals surface area contributed by atoms with Gasteiger partial charge in [0.2, 0.25) is 0 Å². The molecule has 1 aromatic carbocycles. The topological polar surface area (TPSA) is 55.1 Å². The first-order valence-corrected chi connectivity index (χ1v) is 6.76. The number of rotatable bonds is 5. The molecule has 2 rings (SSSR count). The number of hydrogen-bond acceptors (Lipinski definition) is 4. The van der Waals surface area contributed by atoms with E-state index in [2.05, 4.69) is 5.32 Å². The molecule has 2 aromatic rings. The van der Waals surface area contributed by atoms with Crippen molar-refractivity contribution in [3.8, 4) is 0 Å². The number of nitrogens with one attached hydrogen (secondary N) is 1. The molecule has 0 saturated heterocycles. The van der Waals surface area contributed by atoms with E-state index in [4.69, 9.17) is 5.73 Å². The third-order valence-corrected chi connectivity index (χ3v) is 3.92. The average Bonchev–Trinajstić information content (AvgIpc) is 2.73. The minimum Gasteiger partial charge on any atom is -0.397 e. The van der Waals surface area contributed by atoms with Crippen molar-refractivity contribution in [3.63, 3.8) is 0 Å². The van der Waals surface area contributed by atoms with Gasteiger partial charge in [-0.25, -0.2) is 4.39 Å². The van der Waals surface area contributed by atoms with Crippen LogP contribution >= 0.6 is 11.3 Å². The summed E-state index contributed by atoms with van der Waals surface area (Å²) in [5.74, 6) is -0.247.